The molecule has 0 aliphatic carbocycles. The Hall–Kier alpha value is -3.39. The highest BCUT2D eigenvalue weighted by Gasteiger charge is 2.31. The van der Waals surface area contributed by atoms with Crippen molar-refractivity contribution in [1.29, 1.82) is 0 Å². The second-order valence-electron chi connectivity index (χ2n) is 9.30. The number of ether oxygens (including phenoxy) is 2. The Labute approximate surface area is 203 Å². The molecule has 2 amide bonds. The molecule has 1 unspecified atom stereocenters. The lowest BCUT2D eigenvalue weighted by atomic mass is 9.99. The molecule has 34 heavy (non-hydrogen) atoms. The van der Waals surface area contributed by atoms with Gasteiger partial charge in [0.2, 0.25) is 0 Å². The molecule has 7 nitrogen and oxygen atoms in total. The molecule has 0 radical (unpaired) electrons. The van der Waals surface area contributed by atoms with Crippen LogP contribution in [0.3, 0.4) is 0 Å². The summed E-state index contributed by atoms with van der Waals surface area (Å²) in [6.07, 6.45) is 1.41. The predicted molar refractivity (Wildman–Crippen MR) is 132 cm³/mol. The van der Waals surface area contributed by atoms with Crippen LogP contribution in [-0.2, 0) is 4.74 Å². The average molecular weight is 480 g/mol. The molecule has 1 saturated heterocycles. The van der Waals surface area contributed by atoms with Gasteiger partial charge in [-0.2, -0.15) is 0 Å². The molecule has 4 rings (SSSR count). The van der Waals surface area contributed by atoms with Gasteiger partial charge in [0.1, 0.15) is 22.0 Å². The van der Waals surface area contributed by atoms with E-state index in [9.17, 15) is 9.59 Å². The second kappa shape index (κ2) is 9.85. The number of piperidine rings is 1. The van der Waals surface area contributed by atoms with Crippen LogP contribution in [0.15, 0.2) is 54.6 Å². The minimum Gasteiger partial charge on any atom is -0.457 e. The third-order valence-corrected chi connectivity index (χ3v) is 6.63. The van der Waals surface area contributed by atoms with Crippen molar-refractivity contribution in [3.63, 3.8) is 0 Å². The minimum absolute atomic E-state index is 0.0267. The van der Waals surface area contributed by atoms with E-state index in [1.165, 1.54) is 11.3 Å². The van der Waals surface area contributed by atoms with Crippen molar-refractivity contribution in [3.05, 3.63) is 64.5 Å². The number of nitrogens with two attached hydrogens (primary N) is 1. The molecule has 1 aliphatic rings. The molecule has 1 aromatic heterocycles. The van der Waals surface area contributed by atoms with Crippen molar-refractivity contribution in [3.8, 4) is 22.8 Å². The van der Waals surface area contributed by atoms with Gasteiger partial charge < -0.3 is 20.1 Å². The van der Waals surface area contributed by atoms with Crippen molar-refractivity contribution in [1.82, 2.24) is 9.88 Å². The molecular weight excluding hydrogens is 450 g/mol. The minimum atomic E-state index is -0.548. The number of benzene rings is 2. The van der Waals surface area contributed by atoms with Gasteiger partial charge in [-0.05, 0) is 70.0 Å². The summed E-state index contributed by atoms with van der Waals surface area (Å²) in [5, 5.41) is 0.807. The normalized spacial score (nSPS) is 16.2. The summed E-state index contributed by atoms with van der Waals surface area (Å²) in [7, 11) is 0. The first kappa shape index (κ1) is 23.8. The van der Waals surface area contributed by atoms with Gasteiger partial charge in [0.05, 0.1) is 10.7 Å². The van der Waals surface area contributed by atoms with Crippen LogP contribution in [-0.4, -0.2) is 40.6 Å². The van der Waals surface area contributed by atoms with E-state index >= 15 is 0 Å². The Morgan fingerprint density at radius 3 is 2.38 bits per heavy atom. The molecule has 0 saturated carbocycles. The Morgan fingerprint density at radius 1 is 1.06 bits per heavy atom. The summed E-state index contributed by atoms with van der Waals surface area (Å²) in [4.78, 5) is 31.7. The van der Waals surface area contributed by atoms with Crippen molar-refractivity contribution < 1.29 is 19.1 Å². The van der Waals surface area contributed by atoms with Gasteiger partial charge >= 0.3 is 6.09 Å². The summed E-state index contributed by atoms with van der Waals surface area (Å²) in [5.74, 6) is 0.948. The van der Waals surface area contributed by atoms with Crippen molar-refractivity contribution >= 4 is 23.3 Å². The maximum Gasteiger partial charge on any atom is 0.410 e. The summed E-state index contributed by atoms with van der Waals surface area (Å²) in [6, 6.07) is 17.0. The third kappa shape index (κ3) is 5.75. The third-order valence-electron chi connectivity index (χ3n) is 5.40. The molecule has 1 fully saturated rings. The Kier molecular flexibility index (Phi) is 6.88. The number of thiazole rings is 1. The first-order chi connectivity index (χ1) is 16.2. The van der Waals surface area contributed by atoms with Gasteiger partial charge in [-0.25, -0.2) is 9.78 Å². The zero-order valence-corrected chi connectivity index (χ0v) is 20.4. The number of amides is 2. The van der Waals surface area contributed by atoms with Crippen LogP contribution in [0.4, 0.5) is 4.79 Å². The largest absolute Gasteiger partial charge is 0.457 e. The van der Waals surface area contributed by atoms with Crippen molar-refractivity contribution in [2.45, 2.75) is 45.1 Å². The Balaban J connectivity index is 1.54. The van der Waals surface area contributed by atoms with E-state index in [-0.39, 0.29) is 12.0 Å². The maximum atomic E-state index is 12.6. The van der Waals surface area contributed by atoms with Gasteiger partial charge in [0.25, 0.3) is 5.91 Å². The standard InChI is InChI=1S/C26H29N3O4S/c1-26(2,3)33-25(31)29-15-7-8-18(16-29)24-28-21(22(34-24)23(27)30)17-11-13-20(14-12-17)32-19-9-5-4-6-10-19/h4-6,9-14,18H,7-8,15-16H2,1-3H3,(H2,27,30). The van der Waals surface area contributed by atoms with E-state index in [4.69, 9.17) is 20.2 Å². The monoisotopic (exact) mass is 479 g/mol. The van der Waals surface area contributed by atoms with Crippen LogP contribution in [0.5, 0.6) is 11.5 Å². The van der Waals surface area contributed by atoms with Gasteiger partial charge in [0.15, 0.2) is 0 Å². The summed E-state index contributed by atoms with van der Waals surface area (Å²) < 4.78 is 11.4. The van der Waals surface area contributed by atoms with E-state index in [0.29, 0.717) is 29.4 Å². The molecule has 2 aromatic carbocycles. The number of aromatic nitrogens is 1. The number of hydrogen-bond acceptors (Lipinski definition) is 6. The number of para-hydroxylation sites is 1. The SMILES string of the molecule is CC(C)(C)OC(=O)N1CCCC(c2nc(-c3ccc(Oc4ccccc4)cc3)c(C(N)=O)s2)C1. The Bertz CT molecular complexity index is 1150. The molecule has 8 heteroatoms. The number of rotatable bonds is 5. The van der Waals surface area contributed by atoms with Gasteiger partial charge in [0, 0.05) is 24.6 Å². The first-order valence-electron chi connectivity index (χ1n) is 11.3. The molecule has 0 bridgehead atoms. The van der Waals surface area contributed by atoms with Gasteiger partial charge in [-0.15, -0.1) is 11.3 Å². The summed E-state index contributed by atoms with van der Waals surface area (Å²) in [5.41, 5.74) is 6.50. The van der Waals surface area contributed by atoms with Crippen LogP contribution < -0.4 is 10.5 Å². The zero-order valence-electron chi connectivity index (χ0n) is 19.6. The highest BCUT2D eigenvalue weighted by atomic mass is 32.1. The van der Waals surface area contributed by atoms with Crippen LogP contribution in [0.1, 0.15) is 54.2 Å². The fourth-order valence-electron chi connectivity index (χ4n) is 3.85. The van der Waals surface area contributed by atoms with Crippen LogP contribution >= 0.6 is 11.3 Å². The Morgan fingerprint density at radius 2 is 1.74 bits per heavy atom. The zero-order chi connectivity index (χ0) is 24.3. The van der Waals surface area contributed by atoms with Crippen LogP contribution in [0.2, 0.25) is 0 Å². The maximum absolute atomic E-state index is 12.6. The molecule has 178 valence electrons. The van der Waals surface area contributed by atoms with Crippen LogP contribution in [0.25, 0.3) is 11.3 Å². The topological polar surface area (TPSA) is 94.8 Å². The summed E-state index contributed by atoms with van der Waals surface area (Å²) >= 11 is 1.31. The average Bonchev–Trinajstić information content (AvgIpc) is 3.25. The van der Waals surface area contributed by atoms with Gasteiger partial charge in [-0.1, -0.05) is 18.2 Å². The number of nitrogens with zero attached hydrogens (tertiary/aromatic N) is 2. The predicted octanol–water partition coefficient (Wildman–Crippen LogP) is 5.82. The first-order valence-corrected chi connectivity index (χ1v) is 12.1. The van der Waals surface area contributed by atoms with E-state index in [2.05, 4.69) is 0 Å². The lowest BCUT2D eigenvalue weighted by Crippen LogP contribution is -2.42. The van der Waals surface area contributed by atoms with E-state index < -0.39 is 11.5 Å². The van der Waals surface area contributed by atoms with E-state index in [0.717, 1.165) is 29.2 Å². The molecule has 3 aromatic rings. The molecule has 0 spiro atoms. The number of carbonyl (C=O) groups is 2. The van der Waals surface area contributed by atoms with Crippen molar-refractivity contribution in [2.24, 2.45) is 5.73 Å². The van der Waals surface area contributed by atoms with Crippen molar-refractivity contribution in [2.75, 3.05) is 13.1 Å². The molecular formula is C26H29N3O4S. The molecule has 1 aliphatic heterocycles. The molecule has 1 atom stereocenters. The number of primary amides is 1. The number of carbonyl (C=O) groups excluding carboxylic acids is 2. The highest BCUT2D eigenvalue weighted by Crippen LogP contribution is 2.36. The lowest BCUT2D eigenvalue weighted by molar-refractivity contribution is 0.0198. The fourth-order valence-corrected chi connectivity index (χ4v) is 4.92. The number of likely N-dealkylation sites (tertiary alicyclic amines) is 1. The lowest BCUT2D eigenvalue weighted by Gasteiger charge is -2.33. The molecule has 2 N–H and O–H groups in total. The fraction of sp³-hybridized carbons (Fsp3) is 0.346. The number of hydrogen-bond donors (Lipinski definition) is 1. The second-order valence-corrected chi connectivity index (χ2v) is 10.3. The quantitative estimate of drug-likeness (QED) is 0.498. The highest BCUT2D eigenvalue weighted by molar-refractivity contribution is 7.14. The molecule has 2 heterocycles. The van der Waals surface area contributed by atoms with Gasteiger partial charge in [-0.3, -0.25) is 4.79 Å². The van der Waals surface area contributed by atoms with Crippen LogP contribution in [0, 0.1) is 0 Å². The summed E-state index contributed by atoms with van der Waals surface area (Å²) in [6.45, 7) is 6.72. The van der Waals surface area contributed by atoms with E-state index in [1.54, 1.807) is 4.90 Å². The smallest absolute Gasteiger partial charge is 0.410 e. The van der Waals surface area contributed by atoms with E-state index in [1.807, 2.05) is 75.4 Å².